The molecule has 0 heterocycles. The third-order valence-corrected chi connectivity index (χ3v) is 2.27. The average molecular weight is 227 g/mol. The Balaban J connectivity index is 2.35. The number of halogens is 2. The molecule has 0 aliphatic carbocycles. The lowest BCUT2D eigenvalue weighted by Crippen LogP contribution is -2.01. The van der Waals surface area contributed by atoms with Crippen LogP contribution in [-0.2, 0) is 0 Å². The van der Waals surface area contributed by atoms with Crippen LogP contribution in [0.25, 0.3) is 0 Å². The van der Waals surface area contributed by atoms with E-state index in [1.165, 1.54) is 12.1 Å². The molecule has 0 amide bonds. The normalized spacial score (nSPS) is 9.67. The minimum absolute atomic E-state index is 0.338. The molecule has 4 heteroatoms. The summed E-state index contributed by atoms with van der Waals surface area (Å²) in [6.45, 7) is 0.743. The number of nitrogens with zero attached hydrogens (tertiary/aromatic N) is 1. The lowest BCUT2D eigenvalue weighted by atomic mass is 10.2. The predicted molar refractivity (Wildman–Crippen MR) is 59.4 cm³/mol. The number of rotatable bonds is 5. The largest absolute Gasteiger partial charge is 0.384 e. The van der Waals surface area contributed by atoms with Crippen molar-refractivity contribution in [3.63, 3.8) is 0 Å². The zero-order valence-corrected chi connectivity index (χ0v) is 9.02. The van der Waals surface area contributed by atoms with E-state index in [4.69, 9.17) is 16.9 Å². The van der Waals surface area contributed by atoms with E-state index in [0.29, 0.717) is 11.4 Å². The highest BCUT2D eigenvalue weighted by Crippen LogP contribution is 2.22. The number of nitrogens with one attached hydrogen (secondary N) is 1. The first kappa shape index (κ1) is 11.8. The molecule has 80 valence electrons. The zero-order chi connectivity index (χ0) is 11.1. The minimum atomic E-state index is -0.338. The molecule has 0 unspecified atom stereocenters. The molecule has 0 saturated heterocycles. The fraction of sp³-hybridized carbons (Fsp3) is 0.364. The fourth-order valence-electron chi connectivity index (χ4n) is 1.18. The van der Waals surface area contributed by atoms with Gasteiger partial charge in [-0.3, -0.25) is 0 Å². The molecular formula is C11H12ClFN2. The third-order valence-electron chi connectivity index (χ3n) is 1.96. The maximum absolute atomic E-state index is 12.7. The van der Waals surface area contributed by atoms with E-state index in [0.717, 1.165) is 25.1 Å². The van der Waals surface area contributed by atoms with Gasteiger partial charge < -0.3 is 5.32 Å². The van der Waals surface area contributed by atoms with E-state index < -0.39 is 0 Å². The molecular weight excluding hydrogens is 215 g/mol. The van der Waals surface area contributed by atoms with Crippen LogP contribution >= 0.6 is 11.6 Å². The van der Waals surface area contributed by atoms with Gasteiger partial charge in [-0.25, -0.2) is 4.39 Å². The number of benzene rings is 1. The minimum Gasteiger partial charge on any atom is -0.384 e. The molecule has 1 aromatic carbocycles. The summed E-state index contributed by atoms with van der Waals surface area (Å²) in [7, 11) is 0. The maximum atomic E-state index is 12.7. The standard InChI is InChI=1S/C11H12ClFN2/c12-10-8-9(13)4-5-11(10)15-7-3-1-2-6-14/h4-5,8,15H,1-3,7H2. The molecule has 0 atom stereocenters. The molecule has 0 fully saturated rings. The molecule has 0 radical (unpaired) electrons. The second kappa shape index (κ2) is 6.26. The van der Waals surface area contributed by atoms with E-state index in [-0.39, 0.29) is 5.82 Å². The lowest BCUT2D eigenvalue weighted by Gasteiger charge is -2.07. The first-order chi connectivity index (χ1) is 7.24. The van der Waals surface area contributed by atoms with Crippen LogP contribution in [0.15, 0.2) is 18.2 Å². The fourth-order valence-corrected chi connectivity index (χ4v) is 1.42. The Labute approximate surface area is 93.7 Å². The van der Waals surface area contributed by atoms with Gasteiger partial charge in [0.1, 0.15) is 5.82 Å². The summed E-state index contributed by atoms with van der Waals surface area (Å²) >= 11 is 5.81. The summed E-state index contributed by atoms with van der Waals surface area (Å²) in [6.07, 6.45) is 2.34. The highest BCUT2D eigenvalue weighted by Gasteiger charge is 2.00. The van der Waals surface area contributed by atoms with E-state index in [1.54, 1.807) is 6.07 Å². The van der Waals surface area contributed by atoms with Crippen LogP contribution in [0.2, 0.25) is 5.02 Å². The highest BCUT2D eigenvalue weighted by atomic mass is 35.5. The van der Waals surface area contributed by atoms with Crippen molar-refractivity contribution in [3.8, 4) is 6.07 Å². The Morgan fingerprint density at radius 3 is 2.87 bits per heavy atom. The Morgan fingerprint density at radius 2 is 2.20 bits per heavy atom. The van der Waals surface area contributed by atoms with Crippen molar-refractivity contribution >= 4 is 17.3 Å². The Kier molecular flexibility index (Phi) is 4.92. The van der Waals surface area contributed by atoms with Crippen LogP contribution in [-0.4, -0.2) is 6.54 Å². The molecule has 0 aromatic heterocycles. The predicted octanol–water partition coefficient (Wildman–Crippen LogP) is 3.58. The Morgan fingerprint density at radius 1 is 1.40 bits per heavy atom. The van der Waals surface area contributed by atoms with Gasteiger partial charge in [0.15, 0.2) is 0 Å². The van der Waals surface area contributed by atoms with Gasteiger partial charge in [-0.2, -0.15) is 5.26 Å². The van der Waals surface area contributed by atoms with Crippen molar-refractivity contribution in [2.45, 2.75) is 19.3 Å². The number of unbranched alkanes of at least 4 members (excludes halogenated alkanes) is 2. The maximum Gasteiger partial charge on any atom is 0.124 e. The molecule has 0 saturated carbocycles. The summed E-state index contributed by atoms with van der Waals surface area (Å²) in [5.41, 5.74) is 0.732. The van der Waals surface area contributed by atoms with Gasteiger partial charge in [0.05, 0.1) is 16.8 Å². The van der Waals surface area contributed by atoms with E-state index >= 15 is 0 Å². The topological polar surface area (TPSA) is 35.8 Å². The molecule has 0 spiro atoms. The summed E-state index contributed by atoms with van der Waals surface area (Å²) in [5.74, 6) is -0.338. The van der Waals surface area contributed by atoms with Gasteiger partial charge >= 0.3 is 0 Å². The van der Waals surface area contributed by atoms with E-state index in [2.05, 4.69) is 11.4 Å². The summed E-state index contributed by atoms with van der Waals surface area (Å²) in [6, 6.07) is 6.34. The molecule has 2 nitrogen and oxygen atoms in total. The second-order valence-corrected chi connectivity index (χ2v) is 3.57. The highest BCUT2D eigenvalue weighted by molar-refractivity contribution is 6.33. The second-order valence-electron chi connectivity index (χ2n) is 3.17. The van der Waals surface area contributed by atoms with Crippen molar-refractivity contribution in [3.05, 3.63) is 29.0 Å². The van der Waals surface area contributed by atoms with Gasteiger partial charge in [-0.05, 0) is 31.0 Å². The van der Waals surface area contributed by atoms with Crippen LogP contribution in [0, 0.1) is 17.1 Å². The van der Waals surface area contributed by atoms with Crippen molar-refractivity contribution in [2.24, 2.45) is 0 Å². The molecule has 0 aliphatic heterocycles. The van der Waals surface area contributed by atoms with Gasteiger partial charge in [0.2, 0.25) is 0 Å². The molecule has 1 N–H and O–H groups in total. The monoisotopic (exact) mass is 226 g/mol. The van der Waals surface area contributed by atoms with Gasteiger partial charge in [0, 0.05) is 13.0 Å². The third kappa shape index (κ3) is 4.18. The lowest BCUT2D eigenvalue weighted by molar-refractivity contribution is 0.628. The SMILES string of the molecule is N#CCCCCNc1ccc(F)cc1Cl. The van der Waals surface area contributed by atoms with Crippen LogP contribution in [0.3, 0.4) is 0 Å². The summed E-state index contributed by atoms with van der Waals surface area (Å²) in [5, 5.41) is 11.8. The quantitative estimate of drug-likeness (QED) is 0.779. The number of hydrogen-bond acceptors (Lipinski definition) is 2. The molecule has 1 rings (SSSR count). The summed E-state index contributed by atoms with van der Waals surface area (Å²) in [4.78, 5) is 0. The summed E-state index contributed by atoms with van der Waals surface area (Å²) < 4.78 is 12.7. The first-order valence-electron chi connectivity index (χ1n) is 4.80. The van der Waals surface area contributed by atoms with Crippen LogP contribution in [0.4, 0.5) is 10.1 Å². The van der Waals surface area contributed by atoms with E-state index in [1.807, 2.05) is 0 Å². The molecule has 0 bridgehead atoms. The average Bonchev–Trinajstić information content (AvgIpc) is 2.20. The number of nitriles is 1. The number of hydrogen-bond donors (Lipinski definition) is 1. The zero-order valence-electron chi connectivity index (χ0n) is 8.26. The molecule has 1 aromatic rings. The van der Waals surface area contributed by atoms with Crippen molar-refractivity contribution in [1.29, 1.82) is 5.26 Å². The van der Waals surface area contributed by atoms with Crippen molar-refractivity contribution < 1.29 is 4.39 Å². The van der Waals surface area contributed by atoms with Crippen molar-refractivity contribution in [2.75, 3.05) is 11.9 Å². The van der Waals surface area contributed by atoms with Crippen LogP contribution in [0.1, 0.15) is 19.3 Å². The van der Waals surface area contributed by atoms with E-state index in [9.17, 15) is 4.39 Å². The van der Waals surface area contributed by atoms with Gasteiger partial charge in [-0.1, -0.05) is 11.6 Å². The van der Waals surface area contributed by atoms with Gasteiger partial charge in [0.25, 0.3) is 0 Å². The Hall–Kier alpha value is -1.27. The first-order valence-corrected chi connectivity index (χ1v) is 5.17. The van der Waals surface area contributed by atoms with Crippen molar-refractivity contribution in [1.82, 2.24) is 0 Å². The van der Waals surface area contributed by atoms with Crippen LogP contribution in [0.5, 0.6) is 0 Å². The smallest absolute Gasteiger partial charge is 0.124 e. The number of anilines is 1. The molecule has 15 heavy (non-hydrogen) atoms. The van der Waals surface area contributed by atoms with Gasteiger partial charge in [-0.15, -0.1) is 0 Å². The molecule has 0 aliphatic rings. The Bertz CT molecular complexity index is 360. The van der Waals surface area contributed by atoms with Crippen LogP contribution < -0.4 is 5.32 Å².